The van der Waals surface area contributed by atoms with Crippen LogP contribution < -0.4 is 11.5 Å². The van der Waals surface area contributed by atoms with Gasteiger partial charge in [-0.15, -0.1) is 0 Å². The molecule has 0 aromatic rings. The molecule has 0 atom stereocenters. The summed E-state index contributed by atoms with van der Waals surface area (Å²) in [5, 5.41) is 14.8. The zero-order valence-corrected chi connectivity index (χ0v) is 9.10. The Morgan fingerprint density at radius 2 is 0.938 bits per heavy atom. The smallest absolute Gasteiger partial charge is 0.300 e. The van der Waals surface area contributed by atoms with Crippen molar-refractivity contribution in [1.82, 2.24) is 0 Å². The third-order valence-corrected chi connectivity index (χ3v) is 0.618. The lowest BCUT2D eigenvalue weighted by Crippen LogP contribution is -2.16. The van der Waals surface area contributed by atoms with Crippen molar-refractivity contribution in [3.8, 4) is 0 Å². The van der Waals surface area contributed by atoms with E-state index in [4.69, 9.17) is 31.3 Å². The summed E-state index contributed by atoms with van der Waals surface area (Å²) >= 11 is 0. The molecule has 0 aliphatic carbocycles. The molecular formula is C8H16N2O6. The fourth-order valence-corrected chi connectivity index (χ4v) is 0.246. The number of carboxylic acids is 2. The molecule has 0 aliphatic rings. The van der Waals surface area contributed by atoms with E-state index in [1.165, 1.54) is 0 Å². The van der Waals surface area contributed by atoms with Gasteiger partial charge < -0.3 is 21.7 Å². The molecule has 0 aliphatic heterocycles. The standard InChI is InChI=1S/C4H8N2O2.2C2H4O2/c5-3(7)1-2-4(6)8;2*1-2(3)4/h1-2H2,(H2,5,7)(H2,6,8);2*1H3,(H,3,4). The number of amides is 2. The molecule has 16 heavy (non-hydrogen) atoms. The number of carbonyl (C=O) groups is 4. The number of primary amides is 2. The van der Waals surface area contributed by atoms with Gasteiger partial charge in [0.1, 0.15) is 0 Å². The fraction of sp³-hybridized carbons (Fsp3) is 0.500. The first-order valence-corrected chi connectivity index (χ1v) is 4.05. The second-order valence-corrected chi connectivity index (χ2v) is 2.47. The van der Waals surface area contributed by atoms with Crippen LogP contribution in [0.1, 0.15) is 26.7 Å². The van der Waals surface area contributed by atoms with Gasteiger partial charge in [-0.25, -0.2) is 0 Å². The molecule has 0 unspecified atom stereocenters. The highest BCUT2D eigenvalue weighted by Gasteiger charge is 1.96. The van der Waals surface area contributed by atoms with Crippen LogP contribution in [0.4, 0.5) is 0 Å². The molecule has 6 N–H and O–H groups in total. The third kappa shape index (κ3) is 170. The Labute approximate surface area is 92.2 Å². The van der Waals surface area contributed by atoms with Crippen molar-refractivity contribution in [2.45, 2.75) is 26.7 Å². The Balaban J connectivity index is -0.000000179. The molecule has 0 spiro atoms. The number of nitrogens with two attached hydrogens (primary N) is 2. The fourth-order valence-electron chi connectivity index (χ4n) is 0.246. The van der Waals surface area contributed by atoms with E-state index < -0.39 is 23.8 Å². The highest BCUT2D eigenvalue weighted by molar-refractivity contribution is 5.81. The Bertz CT molecular complexity index is 217. The summed E-state index contributed by atoms with van der Waals surface area (Å²) in [6, 6.07) is 0. The predicted molar refractivity (Wildman–Crippen MR) is 54.2 cm³/mol. The molecule has 0 heterocycles. The Hall–Kier alpha value is -2.12. The van der Waals surface area contributed by atoms with Gasteiger partial charge in [-0.3, -0.25) is 19.2 Å². The van der Waals surface area contributed by atoms with Crippen molar-refractivity contribution >= 4 is 23.8 Å². The predicted octanol–water partition coefficient (Wildman–Crippen LogP) is -1.08. The number of hydrogen-bond acceptors (Lipinski definition) is 4. The summed E-state index contributed by atoms with van der Waals surface area (Å²) < 4.78 is 0. The van der Waals surface area contributed by atoms with Crippen LogP contribution in [-0.2, 0) is 19.2 Å². The van der Waals surface area contributed by atoms with Gasteiger partial charge in [0.15, 0.2) is 0 Å². The summed E-state index contributed by atoms with van der Waals surface area (Å²) in [7, 11) is 0. The van der Waals surface area contributed by atoms with E-state index >= 15 is 0 Å². The maximum absolute atomic E-state index is 9.92. The maximum Gasteiger partial charge on any atom is 0.300 e. The minimum Gasteiger partial charge on any atom is -0.481 e. The highest BCUT2D eigenvalue weighted by atomic mass is 16.4. The summed E-state index contributed by atoms with van der Waals surface area (Å²) in [5.74, 6) is -2.66. The SMILES string of the molecule is CC(=O)O.CC(=O)O.NC(=O)CCC(N)=O. The van der Waals surface area contributed by atoms with E-state index in [1.54, 1.807) is 0 Å². The molecule has 8 heteroatoms. The lowest BCUT2D eigenvalue weighted by Gasteiger charge is -1.87. The van der Waals surface area contributed by atoms with E-state index in [-0.39, 0.29) is 12.8 Å². The maximum atomic E-state index is 9.92. The second kappa shape index (κ2) is 12.9. The van der Waals surface area contributed by atoms with Crippen LogP contribution in [0.15, 0.2) is 0 Å². The molecule has 0 saturated heterocycles. The molecule has 0 saturated carbocycles. The number of hydrogen-bond donors (Lipinski definition) is 4. The van der Waals surface area contributed by atoms with Gasteiger partial charge in [0.05, 0.1) is 0 Å². The van der Waals surface area contributed by atoms with Crippen molar-refractivity contribution in [1.29, 1.82) is 0 Å². The number of aliphatic carboxylic acids is 2. The Morgan fingerprint density at radius 1 is 0.812 bits per heavy atom. The first kappa shape index (κ1) is 19.5. The number of carbonyl (C=O) groups excluding carboxylic acids is 2. The van der Waals surface area contributed by atoms with Crippen LogP contribution in [-0.4, -0.2) is 34.0 Å². The highest BCUT2D eigenvalue weighted by Crippen LogP contribution is 1.82. The minimum atomic E-state index is -0.833. The van der Waals surface area contributed by atoms with Crippen LogP contribution in [0.2, 0.25) is 0 Å². The molecule has 94 valence electrons. The van der Waals surface area contributed by atoms with Gasteiger partial charge in [-0.05, 0) is 0 Å². The first-order valence-electron chi connectivity index (χ1n) is 4.05. The van der Waals surface area contributed by atoms with Gasteiger partial charge >= 0.3 is 0 Å². The molecule has 0 aromatic carbocycles. The summed E-state index contributed by atoms with van der Waals surface area (Å²) in [4.78, 5) is 37.8. The van der Waals surface area contributed by atoms with Crippen LogP contribution in [0.25, 0.3) is 0 Å². The lowest BCUT2D eigenvalue weighted by molar-refractivity contribution is -0.135. The molecule has 0 aromatic heterocycles. The summed E-state index contributed by atoms with van der Waals surface area (Å²) in [6.07, 6.45) is 0.102. The summed E-state index contributed by atoms with van der Waals surface area (Å²) in [6.45, 7) is 2.17. The molecule has 0 fully saturated rings. The molecule has 0 rings (SSSR count). The quantitative estimate of drug-likeness (QED) is 0.487. The zero-order chi connectivity index (χ0) is 13.7. The van der Waals surface area contributed by atoms with E-state index in [9.17, 15) is 9.59 Å². The minimum absolute atomic E-state index is 0.0509. The third-order valence-electron chi connectivity index (χ3n) is 0.618. The molecule has 0 bridgehead atoms. The molecule has 2 amide bonds. The van der Waals surface area contributed by atoms with Gasteiger partial charge in [0, 0.05) is 26.7 Å². The van der Waals surface area contributed by atoms with Crippen molar-refractivity contribution in [2.24, 2.45) is 11.5 Å². The van der Waals surface area contributed by atoms with Crippen molar-refractivity contribution in [2.75, 3.05) is 0 Å². The van der Waals surface area contributed by atoms with Crippen LogP contribution in [0.3, 0.4) is 0 Å². The van der Waals surface area contributed by atoms with Crippen LogP contribution in [0, 0.1) is 0 Å². The van der Waals surface area contributed by atoms with Gasteiger partial charge in [-0.2, -0.15) is 0 Å². The number of carboxylic acid groups (broad SMARTS) is 2. The summed E-state index contributed by atoms with van der Waals surface area (Å²) in [5.41, 5.74) is 9.39. The van der Waals surface area contributed by atoms with Crippen molar-refractivity contribution in [3.63, 3.8) is 0 Å². The molecule has 8 nitrogen and oxygen atoms in total. The van der Waals surface area contributed by atoms with Crippen molar-refractivity contribution in [3.05, 3.63) is 0 Å². The van der Waals surface area contributed by atoms with Crippen LogP contribution in [0.5, 0.6) is 0 Å². The topological polar surface area (TPSA) is 161 Å². The van der Waals surface area contributed by atoms with Crippen LogP contribution >= 0.6 is 0 Å². The second-order valence-electron chi connectivity index (χ2n) is 2.47. The van der Waals surface area contributed by atoms with Gasteiger partial charge in [0.25, 0.3) is 11.9 Å². The van der Waals surface area contributed by atoms with E-state index in [1.807, 2.05) is 0 Å². The first-order chi connectivity index (χ1) is 7.09. The van der Waals surface area contributed by atoms with E-state index in [2.05, 4.69) is 0 Å². The monoisotopic (exact) mass is 236 g/mol. The average molecular weight is 236 g/mol. The van der Waals surface area contributed by atoms with Crippen molar-refractivity contribution < 1.29 is 29.4 Å². The molecule has 0 radical (unpaired) electrons. The normalized spacial score (nSPS) is 7.38. The number of rotatable bonds is 3. The van der Waals surface area contributed by atoms with Gasteiger partial charge in [0.2, 0.25) is 11.8 Å². The lowest BCUT2D eigenvalue weighted by atomic mass is 10.3. The zero-order valence-electron chi connectivity index (χ0n) is 9.10. The van der Waals surface area contributed by atoms with Gasteiger partial charge in [-0.1, -0.05) is 0 Å². The molecular weight excluding hydrogens is 220 g/mol. The Morgan fingerprint density at radius 3 is 1.00 bits per heavy atom. The average Bonchev–Trinajstić information content (AvgIpc) is 1.98. The van der Waals surface area contributed by atoms with E-state index in [0.717, 1.165) is 13.8 Å². The largest absolute Gasteiger partial charge is 0.481 e. The Kier molecular flexibility index (Phi) is 15.7. The van der Waals surface area contributed by atoms with E-state index in [0.29, 0.717) is 0 Å².